The van der Waals surface area contributed by atoms with Crippen LogP contribution in [-0.2, 0) is 4.79 Å². The molecular weight excluding hydrogens is 310 g/mol. The molecular formula is C18H19NO3S. The van der Waals surface area contributed by atoms with E-state index in [1.54, 1.807) is 0 Å². The van der Waals surface area contributed by atoms with Gasteiger partial charge in [-0.05, 0) is 43.2 Å². The number of benzene rings is 1. The molecule has 3 heterocycles. The standard InChI is InChI=1S/C18H19NO3S/c1-2-18(17(21)22)10-12-7-8-15(18)19(12)16(20)14-9-11-5-3-4-6-13(11)23-14/h3-6,9,12,15H,2,7-8,10H2,1H3,(H,21,22)/t12?,15?,18-/m1/s1. The smallest absolute Gasteiger partial charge is 0.311 e. The van der Waals surface area contributed by atoms with Crippen LogP contribution in [0.2, 0.25) is 0 Å². The number of rotatable bonds is 3. The molecule has 2 bridgehead atoms. The van der Waals surface area contributed by atoms with Crippen molar-refractivity contribution in [1.29, 1.82) is 0 Å². The Morgan fingerprint density at radius 1 is 1.35 bits per heavy atom. The van der Waals surface area contributed by atoms with Crippen LogP contribution < -0.4 is 0 Å². The zero-order valence-electron chi connectivity index (χ0n) is 13.0. The van der Waals surface area contributed by atoms with Crippen LogP contribution in [0.15, 0.2) is 30.3 Å². The monoisotopic (exact) mass is 329 g/mol. The van der Waals surface area contributed by atoms with Crippen LogP contribution in [0.3, 0.4) is 0 Å². The number of carboxylic acids is 1. The normalized spacial score (nSPS) is 29.3. The van der Waals surface area contributed by atoms with Crippen LogP contribution >= 0.6 is 11.3 Å². The number of nitrogens with zero attached hydrogens (tertiary/aromatic N) is 1. The van der Waals surface area contributed by atoms with Gasteiger partial charge in [-0.3, -0.25) is 9.59 Å². The molecule has 0 saturated carbocycles. The lowest BCUT2D eigenvalue weighted by Gasteiger charge is -2.32. The van der Waals surface area contributed by atoms with Gasteiger partial charge in [-0.1, -0.05) is 25.1 Å². The third kappa shape index (κ3) is 1.96. The van der Waals surface area contributed by atoms with Crippen molar-refractivity contribution in [2.24, 2.45) is 5.41 Å². The SMILES string of the molecule is CC[C@@]1(C(=O)O)CC2CCC1N2C(=O)c1cc2ccccc2s1. The summed E-state index contributed by atoms with van der Waals surface area (Å²) >= 11 is 1.50. The molecule has 0 radical (unpaired) electrons. The van der Waals surface area contributed by atoms with E-state index in [1.165, 1.54) is 11.3 Å². The van der Waals surface area contributed by atoms with Gasteiger partial charge in [0.05, 0.1) is 10.3 Å². The molecule has 2 saturated heterocycles. The summed E-state index contributed by atoms with van der Waals surface area (Å²) in [6.45, 7) is 1.93. The lowest BCUT2D eigenvalue weighted by molar-refractivity contribution is -0.151. The maximum absolute atomic E-state index is 13.0. The third-order valence-electron chi connectivity index (χ3n) is 5.67. The lowest BCUT2D eigenvalue weighted by atomic mass is 9.72. The Balaban J connectivity index is 1.70. The number of carbonyl (C=O) groups is 2. The fraction of sp³-hybridized carbons (Fsp3) is 0.444. The molecule has 2 aliphatic heterocycles. The molecule has 0 aliphatic carbocycles. The van der Waals surface area contributed by atoms with Gasteiger partial charge >= 0.3 is 5.97 Å². The quantitative estimate of drug-likeness (QED) is 0.933. The summed E-state index contributed by atoms with van der Waals surface area (Å²) in [5.74, 6) is -0.739. The second-order valence-corrected chi connectivity index (χ2v) is 7.71. The summed E-state index contributed by atoms with van der Waals surface area (Å²) < 4.78 is 1.10. The molecule has 2 fully saturated rings. The van der Waals surface area contributed by atoms with E-state index in [0.29, 0.717) is 12.8 Å². The van der Waals surface area contributed by atoms with Crippen molar-refractivity contribution in [2.75, 3.05) is 0 Å². The topological polar surface area (TPSA) is 57.6 Å². The minimum absolute atomic E-state index is 0.00951. The van der Waals surface area contributed by atoms with E-state index in [1.807, 2.05) is 42.2 Å². The Hall–Kier alpha value is -1.88. The highest BCUT2D eigenvalue weighted by Crippen LogP contribution is 2.52. The van der Waals surface area contributed by atoms with Crippen molar-refractivity contribution in [3.05, 3.63) is 35.2 Å². The Morgan fingerprint density at radius 3 is 2.78 bits per heavy atom. The Morgan fingerprint density at radius 2 is 2.13 bits per heavy atom. The molecule has 4 nitrogen and oxygen atoms in total. The number of hydrogen-bond donors (Lipinski definition) is 1. The zero-order chi connectivity index (χ0) is 16.2. The molecule has 0 spiro atoms. The van der Waals surface area contributed by atoms with Crippen LogP contribution in [0.4, 0.5) is 0 Å². The molecule has 4 rings (SSSR count). The summed E-state index contributed by atoms with van der Waals surface area (Å²) in [4.78, 5) is 27.5. The highest BCUT2D eigenvalue weighted by molar-refractivity contribution is 7.20. The molecule has 1 N–H and O–H groups in total. The van der Waals surface area contributed by atoms with Crippen molar-refractivity contribution in [2.45, 2.75) is 44.7 Å². The van der Waals surface area contributed by atoms with Crippen molar-refractivity contribution >= 4 is 33.3 Å². The molecule has 1 aromatic heterocycles. The van der Waals surface area contributed by atoms with E-state index in [9.17, 15) is 14.7 Å². The summed E-state index contributed by atoms with van der Waals surface area (Å²) in [5.41, 5.74) is -0.755. The van der Waals surface area contributed by atoms with Gasteiger partial charge in [0.15, 0.2) is 0 Å². The second-order valence-electron chi connectivity index (χ2n) is 6.63. The largest absolute Gasteiger partial charge is 0.481 e. The first kappa shape index (κ1) is 14.7. The van der Waals surface area contributed by atoms with Gasteiger partial charge in [0.25, 0.3) is 5.91 Å². The number of aliphatic carboxylic acids is 1. The maximum atomic E-state index is 13.0. The Kier molecular flexibility index (Phi) is 3.23. The highest BCUT2D eigenvalue weighted by atomic mass is 32.1. The molecule has 1 aromatic carbocycles. The van der Waals surface area contributed by atoms with E-state index in [4.69, 9.17) is 0 Å². The van der Waals surface area contributed by atoms with Gasteiger partial charge < -0.3 is 10.0 Å². The van der Waals surface area contributed by atoms with Crippen LogP contribution in [0.5, 0.6) is 0 Å². The zero-order valence-corrected chi connectivity index (χ0v) is 13.8. The lowest BCUT2D eigenvalue weighted by Crippen LogP contribution is -2.44. The van der Waals surface area contributed by atoms with Gasteiger partial charge in [-0.25, -0.2) is 0 Å². The minimum Gasteiger partial charge on any atom is -0.481 e. The summed E-state index contributed by atoms with van der Waals surface area (Å²) in [7, 11) is 0. The number of thiophene rings is 1. The summed E-state index contributed by atoms with van der Waals surface area (Å²) in [6.07, 6.45) is 2.91. The fourth-order valence-electron chi connectivity index (χ4n) is 4.47. The molecule has 3 atom stereocenters. The fourth-order valence-corrected chi connectivity index (χ4v) is 5.47. The number of hydrogen-bond acceptors (Lipinski definition) is 3. The third-order valence-corrected chi connectivity index (χ3v) is 6.77. The van der Waals surface area contributed by atoms with E-state index in [-0.39, 0.29) is 18.0 Å². The van der Waals surface area contributed by atoms with Crippen molar-refractivity contribution in [1.82, 2.24) is 4.90 Å². The molecule has 5 heteroatoms. The van der Waals surface area contributed by atoms with E-state index in [2.05, 4.69) is 0 Å². The highest BCUT2D eigenvalue weighted by Gasteiger charge is 2.60. The number of fused-ring (bicyclic) bond motifs is 3. The van der Waals surface area contributed by atoms with Gasteiger partial charge in [-0.2, -0.15) is 0 Å². The number of carbonyl (C=O) groups excluding carboxylic acids is 1. The van der Waals surface area contributed by atoms with Crippen LogP contribution in [-0.4, -0.2) is 34.0 Å². The van der Waals surface area contributed by atoms with E-state index < -0.39 is 11.4 Å². The van der Waals surface area contributed by atoms with Crippen LogP contribution in [0, 0.1) is 5.41 Å². The first-order valence-corrected chi connectivity index (χ1v) is 8.93. The van der Waals surface area contributed by atoms with Gasteiger partial charge in [-0.15, -0.1) is 11.3 Å². The van der Waals surface area contributed by atoms with Crippen LogP contribution in [0.1, 0.15) is 42.3 Å². The van der Waals surface area contributed by atoms with Gasteiger partial charge in [0.1, 0.15) is 0 Å². The van der Waals surface area contributed by atoms with Gasteiger partial charge in [0.2, 0.25) is 0 Å². The van der Waals surface area contributed by atoms with Crippen molar-refractivity contribution in [3.63, 3.8) is 0 Å². The number of amides is 1. The summed E-state index contributed by atoms with van der Waals surface area (Å²) in [5, 5.41) is 10.8. The average molecular weight is 329 g/mol. The molecule has 2 aliphatic rings. The minimum atomic E-state index is -0.755. The first-order chi connectivity index (χ1) is 11.1. The summed E-state index contributed by atoms with van der Waals surface area (Å²) in [6, 6.07) is 9.82. The Bertz CT molecular complexity index is 765. The van der Waals surface area contributed by atoms with Crippen molar-refractivity contribution in [3.8, 4) is 0 Å². The molecule has 2 unspecified atom stereocenters. The predicted molar refractivity (Wildman–Crippen MR) is 89.8 cm³/mol. The van der Waals surface area contributed by atoms with Gasteiger partial charge in [0, 0.05) is 16.8 Å². The van der Waals surface area contributed by atoms with Crippen molar-refractivity contribution < 1.29 is 14.7 Å². The Labute approximate surface area is 138 Å². The average Bonchev–Trinajstić information content (AvgIpc) is 3.24. The maximum Gasteiger partial charge on any atom is 0.311 e. The first-order valence-electron chi connectivity index (χ1n) is 8.11. The van der Waals surface area contributed by atoms with E-state index >= 15 is 0 Å². The predicted octanol–water partition coefficient (Wildman–Crippen LogP) is 3.76. The molecule has 2 aromatic rings. The number of carboxylic acid groups (broad SMARTS) is 1. The van der Waals surface area contributed by atoms with E-state index in [0.717, 1.165) is 27.8 Å². The molecule has 120 valence electrons. The molecule has 23 heavy (non-hydrogen) atoms. The van der Waals surface area contributed by atoms with Crippen LogP contribution in [0.25, 0.3) is 10.1 Å². The second kappa shape index (κ2) is 5.06. The molecule has 1 amide bonds.